The molecule has 0 aromatic carbocycles. The smallest absolute Gasteiger partial charge is 0.267 e. The lowest BCUT2D eigenvalue weighted by molar-refractivity contribution is -0.870. The van der Waals surface area contributed by atoms with Crippen LogP contribution in [0.25, 0.3) is 19.5 Å². The van der Waals surface area contributed by atoms with Crippen molar-refractivity contribution in [1.29, 1.82) is 0 Å². The first-order valence-electron chi connectivity index (χ1n) is 14.3. The van der Waals surface area contributed by atoms with Crippen molar-refractivity contribution in [2.75, 3.05) is 67.3 Å². The Morgan fingerprint density at radius 1 is 0.857 bits per heavy atom. The SMILES string of the molecule is C[N+](C)(C)CCCC(CCCCOCCc1cc(-c2scc3c2OCCO3)sc1-c1scc2c1OCCO2)S(=O)(=O)O. The molecule has 232 valence electrons. The van der Waals surface area contributed by atoms with Crippen LogP contribution in [0, 0.1) is 0 Å². The normalized spacial score (nSPS) is 15.6. The van der Waals surface area contributed by atoms with E-state index in [1.165, 1.54) is 5.56 Å². The molecule has 5 rings (SSSR count). The number of unbranched alkanes of at least 4 members (excludes halogenated alkanes) is 1. The number of fused-ring (bicyclic) bond motifs is 2. The fourth-order valence-electron chi connectivity index (χ4n) is 5.07. The zero-order chi connectivity index (χ0) is 29.7. The zero-order valence-electron chi connectivity index (χ0n) is 24.4. The van der Waals surface area contributed by atoms with Crippen LogP contribution in [0.4, 0.5) is 0 Å². The Morgan fingerprint density at radius 2 is 1.48 bits per heavy atom. The van der Waals surface area contributed by atoms with Gasteiger partial charge in [0.25, 0.3) is 10.1 Å². The maximum atomic E-state index is 11.9. The minimum atomic E-state index is -4.05. The van der Waals surface area contributed by atoms with Gasteiger partial charge in [-0.1, -0.05) is 0 Å². The average Bonchev–Trinajstić information content (AvgIpc) is 3.66. The molecule has 0 saturated carbocycles. The molecule has 0 amide bonds. The number of hydrogen-bond donors (Lipinski definition) is 1. The first kappa shape index (κ1) is 31.6. The molecular formula is C29H40NO8S4+. The monoisotopic (exact) mass is 658 g/mol. The third-order valence-corrected chi connectivity index (χ3v) is 11.9. The van der Waals surface area contributed by atoms with Crippen molar-refractivity contribution in [1.82, 2.24) is 0 Å². The largest absolute Gasteiger partial charge is 0.485 e. The Hall–Kier alpha value is -1.87. The summed E-state index contributed by atoms with van der Waals surface area (Å²) in [5.41, 5.74) is 1.18. The molecule has 2 aliphatic heterocycles. The van der Waals surface area contributed by atoms with Gasteiger partial charge in [0.15, 0.2) is 23.0 Å². The van der Waals surface area contributed by atoms with Gasteiger partial charge in [0, 0.05) is 22.2 Å². The molecule has 3 aromatic heterocycles. The molecule has 1 atom stereocenters. The van der Waals surface area contributed by atoms with Crippen molar-refractivity contribution in [3.8, 4) is 42.5 Å². The Balaban J connectivity index is 1.19. The number of thiophene rings is 3. The highest BCUT2D eigenvalue weighted by Gasteiger charge is 2.27. The minimum absolute atomic E-state index is 0.444. The molecule has 13 heteroatoms. The molecule has 5 heterocycles. The molecule has 1 N–H and O–H groups in total. The summed E-state index contributed by atoms with van der Waals surface area (Å²) in [4.78, 5) is 4.41. The Labute approximate surface area is 260 Å². The van der Waals surface area contributed by atoms with Crippen LogP contribution in [-0.2, 0) is 21.3 Å². The topological polar surface area (TPSA) is 101 Å². The summed E-state index contributed by atoms with van der Waals surface area (Å²) in [6.07, 6.45) is 3.83. The van der Waals surface area contributed by atoms with Crippen LogP contribution in [0.15, 0.2) is 16.8 Å². The Kier molecular flexibility index (Phi) is 10.4. The van der Waals surface area contributed by atoms with E-state index >= 15 is 0 Å². The summed E-state index contributed by atoms with van der Waals surface area (Å²) in [6.45, 7) is 4.14. The minimum Gasteiger partial charge on any atom is -0.485 e. The third-order valence-electron chi connectivity index (χ3n) is 7.20. The average molecular weight is 659 g/mol. The summed E-state index contributed by atoms with van der Waals surface area (Å²) in [6, 6.07) is 2.22. The van der Waals surface area contributed by atoms with E-state index in [2.05, 4.69) is 27.2 Å². The van der Waals surface area contributed by atoms with Crippen LogP contribution >= 0.6 is 34.0 Å². The van der Waals surface area contributed by atoms with Crippen molar-refractivity contribution < 1.29 is 41.1 Å². The zero-order valence-corrected chi connectivity index (χ0v) is 27.7. The number of hydrogen-bond acceptors (Lipinski definition) is 10. The fourth-order valence-corrected chi connectivity index (χ4v) is 9.36. The van der Waals surface area contributed by atoms with Crippen molar-refractivity contribution in [2.45, 2.75) is 43.8 Å². The molecule has 0 bridgehead atoms. The molecule has 3 aromatic rings. The van der Waals surface area contributed by atoms with Gasteiger partial charge < -0.3 is 28.2 Å². The molecular weight excluding hydrogens is 619 g/mol. The number of quaternary nitrogens is 1. The van der Waals surface area contributed by atoms with E-state index in [1.807, 2.05) is 10.8 Å². The highest BCUT2D eigenvalue weighted by atomic mass is 32.2. The van der Waals surface area contributed by atoms with Crippen LogP contribution < -0.4 is 18.9 Å². The molecule has 2 aliphatic rings. The maximum absolute atomic E-state index is 11.9. The van der Waals surface area contributed by atoms with Crippen molar-refractivity contribution in [2.24, 2.45) is 0 Å². The van der Waals surface area contributed by atoms with Gasteiger partial charge in [0.2, 0.25) is 0 Å². The second-order valence-corrected chi connectivity index (χ2v) is 16.0. The fraction of sp³-hybridized carbons (Fsp3) is 0.586. The van der Waals surface area contributed by atoms with E-state index in [-0.39, 0.29) is 0 Å². The highest BCUT2D eigenvalue weighted by molar-refractivity contribution is 7.86. The molecule has 0 spiro atoms. The van der Waals surface area contributed by atoms with Crippen LogP contribution in [0.5, 0.6) is 23.0 Å². The van der Waals surface area contributed by atoms with Gasteiger partial charge in [-0.15, -0.1) is 34.0 Å². The lowest BCUT2D eigenvalue weighted by atomic mass is 10.1. The second-order valence-electron chi connectivity index (χ2n) is 11.5. The van der Waals surface area contributed by atoms with Crippen LogP contribution in [-0.4, -0.2) is 90.0 Å². The van der Waals surface area contributed by atoms with Crippen LogP contribution in [0.3, 0.4) is 0 Å². The van der Waals surface area contributed by atoms with Gasteiger partial charge >= 0.3 is 0 Å². The second kappa shape index (κ2) is 13.8. The van der Waals surface area contributed by atoms with E-state index in [1.54, 1.807) is 34.0 Å². The predicted octanol–water partition coefficient (Wildman–Crippen LogP) is 6.22. The molecule has 0 fully saturated rings. The van der Waals surface area contributed by atoms with Crippen molar-refractivity contribution in [3.63, 3.8) is 0 Å². The van der Waals surface area contributed by atoms with E-state index in [0.717, 1.165) is 72.8 Å². The van der Waals surface area contributed by atoms with Gasteiger partial charge in [-0.2, -0.15) is 8.42 Å². The van der Waals surface area contributed by atoms with Gasteiger partial charge in [-0.05, 0) is 50.2 Å². The maximum Gasteiger partial charge on any atom is 0.267 e. The Morgan fingerprint density at radius 3 is 2.14 bits per heavy atom. The molecule has 9 nitrogen and oxygen atoms in total. The van der Waals surface area contributed by atoms with Gasteiger partial charge in [-0.3, -0.25) is 4.55 Å². The third kappa shape index (κ3) is 7.99. The van der Waals surface area contributed by atoms with Crippen molar-refractivity contribution >= 4 is 44.1 Å². The summed E-state index contributed by atoms with van der Waals surface area (Å²) in [5.74, 6) is 3.22. The number of rotatable bonds is 15. The summed E-state index contributed by atoms with van der Waals surface area (Å²) in [5, 5.41) is 3.30. The van der Waals surface area contributed by atoms with Gasteiger partial charge in [-0.25, -0.2) is 0 Å². The highest BCUT2D eigenvalue weighted by Crippen LogP contribution is 2.53. The molecule has 0 radical (unpaired) electrons. The van der Waals surface area contributed by atoms with Crippen LogP contribution in [0.1, 0.15) is 37.7 Å². The predicted molar refractivity (Wildman–Crippen MR) is 169 cm³/mol. The summed E-state index contributed by atoms with van der Waals surface area (Å²) >= 11 is 4.98. The first-order chi connectivity index (χ1) is 20.1. The van der Waals surface area contributed by atoms with Crippen LogP contribution in [0.2, 0.25) is 0 Å². The molecule has 0 saturated heterocycles. The van der Waals surface area contributed by atoms with E-state index in [4.69, 9.17) is 23.7 Å². The first-order valence-corrected chi connectivity index (χ1v) is 18.4. The van der Waals surface area contributed by atoms with Crippen molar-refractivity contribution in [3.05, 3.63) is 22.4 Å². The summed E-state index contributed by atoms with van der Waals surface area (Å²) < 4.78 is 63.8. The number of nitrogens with zero attached hydrogens (tertiary/aromatic N) is 1. The lowest BCUT2D eigenvalue weighted by Crippen LogP contribution is -2.36. The van der Waals surface area contributed by atoms with E-state index in [0.29, 0.717) is 58.9 Å². The molecule has 1 unspecified atom stereocenters. The standard InChI is InChI=1S/C29H39NO8S4/c1-30(2,3)10-6-8-21(42(31,32)33)7-4-5-11-34-12-9-20-17-24(28-25-22(18-39-28)35-13-15-37-25)41-27(20)29-26-23(19-40-29)36-14-16-38-26/h17-19,21H,4-16H2,1-3H3/p+1. The van der Waals surface area contributed by atoms with E-state index < -0.39 is 15.4 Å². The summed E-state index contributed by atoms with van der Waals surface area (Å²) in [7, 11) is 2.18. The molecule has 0 aliphatic carbocycles. The molecule has 42 heavy (non-hydrogen) atoms. The van der Waals surface area contributed by atoms with Gasteiger partial charge in [0.05, 0.1) is 54.2 Å². The van der Waals surface area contributed by atoms with Gasteiger partial charge in [0.1, 0.15) is 26.4 Å². The lowest BCUT2D eigenvalue weighted by Gasteiger charge is -2.24. The quantitative estimate of drug-likeness (QED) is 0.117. The Bertz CT molecular complexity index is 1440. The number of ether oxygens (including phenoxy) is 5. The van der Waals surface area contributed by atoms with E-state index in [9.17, 15) is 13.0 Å².